The van der Waals surface area contributed by atoms with Gasteiger partial charge in [0.25, 0.3) is 0 Å². The Hall–Kier alpha value is -1.40. The lowest BCUT2D eigenvalue weighted by atomic mass is 10.1. The van der Waals surface area contributed by atoms with Gasteiger partial charge in [-0.05, 0) is 66.9 Å². The third-order valence-corrected chi connectivity index (χ3v) is 4.28. The second-order valence-electron chi connectivity index (χ2n) is 4.79. The number of halogens is 2. The summed E-state index contributed by atoms with van der Waals surface area (Å²) in [4.78, 5) is 15.8. The molecule has 0 amide bonds. The van der Waals surface area contributed by atoms with Crippen LogP contribution in [0.1, 0.15) is 19.3 Å². The van der Waals surface area contributed by atoms with Gasteiger partial charge in [-0.25, -0.2) is 4.39 Å². The highest BCUT2D eigenvalue weighted by Gasteiger charge is 2.16. The largest absolute Gasteiger partial charge is 0.341 e. The van der Waals surface area contributed by atoms with Gasteiger partial charge in [0.1, 0.15) is 5.82 Å². The Kier molecular flexibility index (Phi) is 4.55. The van der Waals surface area contributed by atoms with Crippen LogP contribution in [-0.4, -0.2) is 28.0 Å². The lowest BCUT2D eigenvalue weighted by Crippen LogP contribution is -2.31. The number of aromatic nitrogens is 3. The molecule has 1 aromatic heterocycles. The number of benzene rings is 1. The molecular formula is C14H14ClFN4S. The summed E-state index contributed by atoms with van der Waals surface area (Å²) in [7, 11) is 0. The average Bonchev–Trinajstić information content (AvgIpc) is 2.50. The van der Waals surface area contributed by atoms with E-state index in [0.29, 0.717) is 11.1 Å². The van der Waals surface area contributed by atoms with Crippen LogP contribution in [0.25, 0.3) is 0 Å². The maximum atomic E-state index is 12.9. The van der Waals surface area contributed by atoms with Crippen molar-refractivity contribution in [2.24, 2.45) is 0 Å². The molecule has 21 heavy (non-hydrogen) atoms. The quantitative estimate of drug-likeness (QED) is 0.859. The molecule has 0 saturated carbocycles. The minimum atomic E-state index is -0.262. The SMILES string of the molecule is Fc1ccc(Sc2nc(Cl)nc(N3CCCCC3)n2)cc1. The molecule has 1 aliphatic heterocycles. The molecule has 0 radical (unpaired) electrons. The van der Waals surface area contributed by atoms with E-state index in [1.165, 1.54) is 30.3 Å². The normalized spacial score (nSPS) is 15.2. The summed E-state index contributed by atoms with van der Waals surface area (Å²) < 4.78 is 12.9. The summed E-state index contributed by atoms with van der Waals surface area (Å²) >= 11 is 7.35. The van der Waals surface area contributed by atoms with Crippen molar-refractivity contribution in [1.29, 1.82) is 0 Å². The van der Waals surface area contributed by atoms with Crippen molar-refractivity contribution in [3.05, 3.63) is 35.4 Å². The van der Waals surface area contributed by atoms with Gasteiger partial charge in [-0.3, -0.25) is 0 Å². The highest BCUT2D eigenvalue weighted by Crippen LogP contribution is 2.27. The van der Waals surface area contributed by atoms with Crippen molar-refractivity contribution in [2.45, 2.75) is 29.3 Å². The molecule has 0 unspecified atom stereocenters. The first-order valence-corrected chi connectivity index (χ1v) is 8.00. The Morgan fingerprint density at radius 1 is 1.00 bits per heavy atom. The first-order chi connectivity index (χ1) is 10.2. The van der Waals surface area contributed by atoms with Gasteiger partial charge in [-0.1, -0.05) is 0 Å². The molecule has 1 aliphatic rings. The van der Waals surface area contributed by atoms with Crippen molar-refractivity contribution >= 4 is 29.3 Å². The van der Waals surface area contributed by atoms with E-state index in [2.05, 4.69) is 19.9 Å². The Morgan fingerprint density at radius 2 is 1.71 bits per heavy atom. The molecule has 0 atom stereocenters. The molecule has 3 rings (SSSR count). The lowest BCUT2D eigenvalue weighted by Gasteiger charge is -2.26. The highest BCUT2D eigenvalue weighted by molar-refractivity contribution is 7.99. The van der Waals surface area contributed by atoms with Crippen LogP contribution in [0.5, 0.6) is 0 Å². The first-order valence-electron chi connectivity index (χ1n) is 6.81. The topological polar surface area (TPSA) is 41.9 Å². The maximum absolute atomic E-state index is 12.9. The molecule has 0 aliphatic carbocycles. The van der Waals surface area contributed by atoms with Crippen molar-refractivity contribution in [3.63, 3.8) is 0 Å². The molecule has 110 valence electrons. The van der Waals surface area contributed by atoms with Gasteiger partial charge < -0.3 is 4.90 Å². The third kappa shape index (κ3) is 3.83. The van der Waals surface area contributed by atoms with Crippen molar-refractivity contribution < 1.29 is 4.39 Å². The van der Waals surface area contributed by atoms with E-state index in [1.807, 2.05) is 0 Å². The fourth-order valence-electron chi connectivity index (χ4n) is 2.21. The Balaban J connectivity index is 1.81. The van der Waals surface area contributed by atoms with Crippen LogP contribution >= 0.6 is 23.4 Å². The van der Waals surface area contributed by atoms with Crippen LogP contribution < -0.4 is 4.90 Å². The van der Waals surface area contributed by atoms with Crippen LogP contribution in [0.4, 0.5) is 10.3 Å². The van der Waals surface area contributed by atoms with Gasteiger partial charge in [0.05, 0.1) is 0 Å². The minimum absolute atomic E-state index is 0.190. The molecule has 1 saturated heterocycles. The van der Waals surface area contributed by atoms with Crippen LogP contribution in [0.2, 0.25) is 5.28 Å². The molecule has 7 heteroatoms. The number of nitrogens with zero attached hydrogens (tertiary/aromatic N) is 4. The molecule has 0 spiro atoms. The smallest absolute Gasteiger partial charge is 0.230 e. The van der Waals surface area contributed by atoms with Gasteiger partial charge in [-0.15, -0.1) is 0 Å². The minimum Gasteiger partial charge on any atom is -0.341 e. The Morgan fingerprint density at radius 3 is 2.43 bits per heavy atom. The fraction of sp³-hybridized carbons (Fsp3) is 0.357. The van der Waals surface area contributed by atoms with Gasteiger partial charge in [0.15, 0.2) is 5.16 Å². The molecular weight excluding hydrogens is 311 g/mol. The first kappa shape index (κ1) is 14.5. The van der Waals surface area contributed by atoms with E-state index >= 15 is 0 Å². The molecule has 4 nitrogen and oxygen atoms in total. The zero-order valence-electron chi connectivity index (χ0n) is 11.3. The van der Waals surface area contributed by atoms with Gasteiger partial charge in [0.2, 0.25) is 11.2 Å². The fourth-order valence-corrected chi connectivity index (χ4v) is 3.16. The van der Waals surface area contributed by atoms with E-state index in [9.17, 15) is 4.39 Å². The summed E-state index contributed by atoms with van der Waals surface area (Å²) in [5, 5.41) is 0.720. The third-order valence-electron chi connectivity index (χ3n) is 3.24. The van der Waals surface area contributed by atoms with Crippen LogP contribution in [-0.2, 0) is 0 Å². The molecule has 2 aromatic rings. The molecule has 1 fully saturated rings. The summed E-state index contributed by atoms with van der Waals surface area (Å²) in [6.07, 6.45) is 3.53. The number of hydrogen-bond donors (Lipinski definition) is 0. The van der Waals surface area contributed by atoms with Crippen molar-refractivity contribution in [1.82, 2.24) is 15.0 Å². The zero-order chi connectivity index (χ0) is 14.7. The monoisotopic (exact) mass is 324 g/mol. The van der Waals surface area contributed by atoms with E-state index in [4.69, 9.17) is 11.6 Å². The zero-order valence-corrected chi connectivity index (χ0v) is 12.9. The van der Waals surface area contributed by atoms with E-state index in [-0.39, 0.29) is 11.1 Å². The second-order valence-corrected chi connectivity index (χ2v) is 6.17. The van der Waals surface area contributed by atoms with E-state index < -0.39 is 0 Å². The van der Waals surface area contributed by atoms with Crippen molar-refractivity contribution in [2.75, 3.05) is 18.0 Å². The average molecular weight is 325 g/mol. The predicted octanol–water partition coefficient (Wildman–Crippen LogP) is 3.81. The molecule has 1 aromatic carbocycles. The number of hydrogen-bond acceptors (Lipinski definition) is 5. The van der Waals surface area contributed by atoms with Crippen LogP contribution in [0.15, 0.2) is 34.3 Å². The highest BCUT2D eigenvalue weighted by atomic mass is 35.5. The molecule has 2 heterocycles. The number of anilines is 1. The van der Waals surface area contributed by atoms with Crippen molar-refractivity contribution in [3.8, 4) is 0 Å². The summed E-state index contributed by atoms with van der Waals surface area (Å²) in [5.74, 6) is 0.362. The molecule has 0 N–H and O–H groups in total. The van der Waals surface area contributed by atoms with E-state index in [1.54, 1.807) is 12.1 Å². The summed E-state index contributed by atoms with van der Waals surface area (Å²) in [6.45, 7) is 1.89. The van der Waals surface area contributed by atoms with Gasteiger partial charge in [0, 0.05) is 18.0 Å². The lowest BCUT2D eigenvalue weighted by molar-refractivity contribution is 0.564. The Labute approximate surface area is 131 Å². The van der Waals surface area contributed by atoms with E-state index in [0.717, 1.165) is 30.8 Å². The van der Waals surface area contributed by atoms with Gasteiger partial charge >= 0.3 is 0 Å². The predicted molar refractivity (Wildman–Crippen MR) is 81.4 cm³/mol. The van der Waals surface area contributed by atoms with Gasteiger partial charge in [-0.2, -0.15) is 15.0 Å². The van der Waals surface area contributed by atoms with Crippen LogP contribution in [0, 0.1) is 5.82 Å². The standard InChI is InChI=1S/C14H14ClFN4S/c15-12-17-13(20-8-2-1-3-9-20)19-14(18-12)21-11-6-4-10(16)5-7-11/h4-7H,1-3,8-9H2. The summed E-state index contributed by atoms with van der Waals surface area (Å²) in [6, 6.07) is 6.21. The number of piperidine rings is 1. The Bertz CT molecular complexity index is 617. The molecule has 0 bridgehead atoms. The maximum Gasteiger partial charge on any atom is 0.230 e. The van der Waals surface area contributed by atoms with Crippen LogP contribution in [0.3, 0.4) is 0 Å². The number of rotatable bonds is 3. The second kappa shape index (κ2) is 6.58. The summed E-state index contributed by atoms with van der Waals surface area (Å²) in [5.41, 5.74) is 0.